The minimum absolute atomic E-state index is 0.224. The zero-order valence-electron chi connectivity index (χ0n) is 11.4. The Morgan fingerprint density at radius 2 is 2.28 bits per heavy atom. The largest absolute Gasteiger partial charge is 0.389 e. The van der Waals surface area contributed by atoms with Crippen LogP contribution in [0.2, 0.25) is 0 Å². The second-order valence-electron chi connectivity index (χ2n) is 6.36. The molecule has 3 aliphatic carbocycles. The van der Waals surface area contributed by atoms with E-state index in [2.05, 4.69) is 13.0 Å². The molecule has 0 unspecified atom stereocenters. The van der Waals surface area contributed by atoms with Crippen molar-refractivity contribution in [1.82, 2.24) is 0 Å². The zero-order chi connectivity index (χ0) is 12.8. The molecular weight excluding hydrogens is 228 g/mol. The fourth-order valence-corrected chi connectivity index (χ4v) is 4.72. The Morgan fingerprint density at radius 1 is 1.44 bits per heavy atom. The predicted octanol–water partition coefficient (Wildman–Crippen LogP) is 2.49. The fourth-order valence-electron chi connectivity index (χ4n) is 4.72. The van der Waals surface area contributed by atoms with Crippen LogP contribution in [0.25, 0.3) is 0 Å². The molecular formula is C15H24O3. The van der Waals surface area contributed by atoms with Crippen LogP contribution < -0.4 is 0 Å². The van der Waals surface area contributed by atoms with E-state index in [0.717, 1.165) is 12.8 Å². The lowest BCUT2D eigenvalue weighted by molar-refractivity contribution is -0.103. The first-order valence-corrected chi connectivity index (χ1v) is 7.13. The Kier molecular flexibility index (Phi) is 3.25. The summed E-state index contributed by atoms with van der Waals surface area (Å²) in [5.41, 5.74) is 1.82. The van der Waals surface area contributed by atoms with E-state index in [1.54, 1.807) is 7.11 Å². The summed E-state index contributed by atoms with van der Waals surface area (Å²) >= 11 is 0. The van der Waals surface area contributed by atoms with Crippen LogP contribution in [-0.4, -0.2) is 31.2 Å². The van der Waals surface area contributed by atoms with Crippen molar-refractivity contribution in [3.05, 3.63) is 11.6 Å². The molecule has 1 N–H and O–H groups in total. The van der Waals surface area contributed by atoms with E-state index in [1.807, 2.05) is 0 Å². The van der Waals surface area contributed by atoms with Gasteiger partial charge in [-0.05, 0) is 56.3 Å². The van der Waals surface area contributed by atoms with Crippen molar-refractivity contribution < 1.29 is 14.6 Å². The minimum atomic E-state index is -0.224. The van der Waals surface area contributed by atoms with E-state index in [9.17, 15) is 5.11 Å². The number of allylic oxidation sites excluding steroid dienone is 1. The Balaban J connectivity index is 1.77. The van der Waals surface area contributed by atoms with E-state index >= 15 is 0 Å². The van der Waals surface area contributed by atoms with Gasteiger partial charge in [0.15, 0.2) is 0 Å². The third kappa shape index (κ3) is 1.84. The van der Waals surface area contributed by atoms with Crippen molar-refractivity contribution in [3.8, 4) is 0 Å². The van der Waals surface area contributed by atoms with Gasteiger partial charge in [0.1, 0.15) is 6.79 Å². The summed E-state index contributed by atoms with van der Waals surface area (Å²) in [7, 11) is 1.68. The average molecular weight is 252 g/mol. The van der Waals surface area contributed by atoms with Crippen LogP contribution >= 0.6 is 0 Å². The quantitative estimate of drug-likeness (QED) is 0.619. The van der Waals surface area contributed by atoms with E-state index in [-0.39, 0.29) is 6.10 Å². The highest BCUT2D eigenvalue weighted by atomic mass is 16.7. The summed E-state index contributed by atoms with van der Waals surface area (Å²) in [5, 5.41) is 9.92. The van der Waals surface area contributed by atoms with Crippen LogP contribution in [0.3, 0.4) is 0 Å². The smallest absolute Gasteiger partial charge is 0.146 e. The third-order valence-corrected chi connectivity index (χ3v) is 5.55. The molecule has 3 nitrogen and oxygen atoms in total. The predicted molar refractivity (Wildman–Crippen MR) is 69.0 cm³/mol. The SMILES string of the molecule is COCO[C@H]1CC[C@@]23C[C@@H]1C[C@@H]2C[C@H](O)C=C3C. The summed E-state index contributed by atoms with van der Waals surface area (Å²) in [6, 6.07) is 0. The molecule has 1 spiro atoms. The number of aliphatic hydroxyl groups is 1. The summed E-state index contributed by atoms with van der Waals surface area (Å²) < 4.78 is 10.9. The number of hydrogen-bond acceptors (Lipinski definition) is 3. The van der Waals surface area contributed by atoms with Crippen LogP contribution in [0, 0.1) is 17.3 Å². The normalized spacial score (nSPS) is 46.7. The van der Waals surface area contributed by atoms with Crippen LogP contribution in [0.15, 0.2) is 11.6 Å². The van der Waals surface area contributed by atoms with Gasteiger partial charge in [0, 0.05) is 7.11 Å². The van der Waals surface area contributed by atoms with Gasteiger partial charge in [0.25, 0.3) is 0 Å². The van der Waals surface area contributed by atoms with Crippen molar-refractivity contribution in [1.29, 1.82) is 0 Å². The molecule has 2 fully saturated rings. The number of methoxy groups -OCH3 is 1. The van der Waals surface area contributed by atoms with Crippen LogP contribution in [0.4, 0.5) is 0 Å². The Bertz CT molecular complexity index is 352. The van der Waals surface area contributed by atoms with Gasteiger partial charge in [0.2, 0.25) is 0 Å². The second kappa shape index (κ2) is 4.62. The lowest BCUT2D eigenvalue weighted by Gasteiger charge is -2.44. The first-order chi connectivity index (χ1) is 8.65. The van der Waals surface area contributed by atoms with Crippen molar-refractivity contribution >= 4 is 0 Å². The van der Waals surface area contributed by atoms with Crippen molar-refractivity contribution in [2.45, 2.75) is 51.2 Å². The molecule has 3 rings (SSSR count). The van der Waals surface area contributed by atoms with Crippen molar-refractivity contribution in [3.63, 3.8) is 0 Å². The molecule has 18 heavy (non-hydrogen) atoms. The molecule has 0 saturated heterocycles. The molecule has 2 bridgehead atoms. The summed E-state index contributed by atoms with van der Waals surface area (Å²) in [4.78, 5) is 0. The lowest BCUT2D eigenvalue weighted by atomic mass is 9.62. The van der Waals surface area contributed by atoms with Gasteiger partial charge in [-0.1, -0.05) is 11.6 Å². The molecule has 0 amide bonds. The molecule has 102 valence electrons. The summed E-state index contributed by atoms with van der Waals surface area (Å²) in [6.07, 6.45) is 8.02. The maximum atomic E-state index is 9.92. The molecule has 0 aromatic carbocycles. The molecule has 5 atom stereocenters. The molecule has 0 radical (unpaired) electrons. The first-order valence-electron chi connectivity index (χ1n) is 7.13. The molecule has 3 aliphatic rings. The van der Waals surface area contributed by atoms with E-state index in [4.69, 9.17) is 9.47 Å². The van der Waals surface area contributed by atoms with Gasteiger partial charge in [-0.15, -0.1) is 0 Å². The highest BCUT2D eigenvalue weighted by Crippen LogP contribution is 2.62. The maximum Gasteiger partial charge on any atom is 0.146 e. The van der Waals surface area contributed by atoms with Gasteiger partial charge in [-0.25, -0.2) is 0 Å². The summed E-state index contributed by atoms with van der Waals surface area (Å²) in [5.74, 6) is 1.33. The zero-order valence-corrected chi connectivity index (χ0v) is 11.4. The lowest BCUT2D eigenvalue weighted by Crippen LogP contribution is -2.37. The Morgan fingerprint density at radius 3 is 3.06 bits per heavy atom. The van der Waals surface area contributed by atoms with E-state index < -0.39 is 0 Å². The molecule has 0 heterocycles. The second-order valence-corrected chi connectivity index (χ2v) is 6.36. The van der Waals surface area contributed by atoms with Gasteiger partial charge in [-0.2, -0.15) is 0 Å². The highest BCUT2D eigenvalue weighted by Gasteiger charge is 2.55. The van der Waals surface area contributed by atoms with Crippen molar-refractivity contribution in [2.24, 2.45) is 17.3 Å². The Labute approximate surface area is 109 Å². The molecule has 0 aliphatic heterocycles. The van der Waals surface area contributed by atoms with Gasteiger partial charge < -0.3 is 14.6 Å². The van der Waals surface area contributed by atoms with Crippen LogP contribution in [0.1, 0.15) is 39.0 Å². The monoisotopic (exact) mass is 252 g/mol. The number of rotatable bonds is 3. The molecule has 0 aromatic rings. The van der Waals surface area contributed by atoms with Crippen LogP contribution in [0.5, 0.6) is 0 Å². The molecule has 2 saturated carbocycles. The number of ether oxygens (including phenoxy) is 2. The minimum Gasteiger partial charge on any atom is -0.389 e. The first kappa shape index (κ1) is 12.6. The Hall–Kier alpha value is -0.380. The number of hydrogen-bond donors (Lipinski definition) is 1. The third-order valence-electron chi connectivity index (χ3n) is 5.55. The van der Waals surface area contributed by atoms with Crippen molar-refractivity contribution in [2.75, 3.05) is 13.9 Å². The average Bonchev–Trinajstić information content (AvgIpc) is 2.63. The molecule has 0 aromatic heterocycles. The fraction of sp³-hybridized carbons (Fsp3) is 0.867. The topological polar surface area (TPSA) is 38.7 Å². The van der Waals surface area contributed by atoms with Gasteiger partial charge in [0.05, 0.1) is 12.2 Å². The molecule has 3 heteroatoms. The van der Waals surface area contributed by atoms with E-state index in [1.165, 1.54) is 24.8 Å². The van der Waals surface area contributed by atoms with Gasteiger partial charge >= 0.3 is 0 Å². The highest BCUT2D eigenvalue weighted by molar-refractivity contribution is 5.24. The maximum absolute atomic E-state index is 9.92. The summed E-state index contributed by atoms with van der Waals surface area (Å²) in [6.45, 7) is 2.63. The standard InChI is InChI=1S/C15H24O3/c1-10-5-13(16)7-12-6-11-8-15(10,12)4-3-14(11)18-9-17-2/h5,11-14,16H,3-4,6-9H2,1-2H3/t11-,12+,13+,14-,15-/m0/s1. The number of fused-ring (bicyclic) bond motifs is 1. The van der Waals surface area contributed by atoms with Crippen LogP contribution in [-0.2, 0) is 9.47 Å². The number of aliphatic hydroxyl groups excluding tert-OH is 1. The van der Waals surface area contributed by atoms with E-state index in [0.29, 0.717) is 30.1 Å². The van der Waals surface area contributed by atoms with Gasteiger partial charge in [-0.3, -0.25) is 0 Å².